The normalized spacial score (nSPS) is 18.9. The molecule has 4 heterocycles. The van der Waals surface area contributed by atoms with E-state index in [4.69, 9.17) is 16.0 Å². The molecule has 1 spiro atoms. The van der Waals surface area contributed by atoms with Crippen molar-refractivity contribution >= 4 is 38.8 Å². The molecule has 0 amide bonds. The number of hydrogen-bond acceptors (Lipinski definition) is 7. The molecule has 33 heavy (non-hydrogen) atoms. The Bertz CT molecular complexity index is 1260. The van der Waals surface area contributed by atoms with E-state index >= 15 is 0 Å². The number of thiazole rings is 1. The first-order chi connectivity index (χ1) is 16.1. The Morgan fingerprint density at radius 3 is 2.82 bits per heavy atom. The van der Waals surface area contributed by atoms with Gasteiger partial charge in [0.05, 0.1) is 33.8 Å². The van der Waals surface area contributed by atoms with Gasteiger partial charge in [-0.2, -0.15) is 0 Å². The number of aromatic nitrogens is 3. The van der Waals surface area contributed by atoms with E-state index in [1.165, 1.54) is 10.4 Å². The summed E-state index contributed by atoms with van der Waals surface area (Å²) in [5.41, 5.74) is 6.51. The second-order valence-corrected chi connectivity index (χ2v) is 9.93. The molecular weight excluding hydrogens is 454 g/mol. The molecule has 1 unspecified atom stereocenters. The standard InChI is InChI=1S/C23H22ClN5OS.C2H6/c1-14-5-6-15(7-17(14)24)8-20-27-28-22(30-20)16-9-29(12-23(16)10-25-11-23)19-4-2-3-18-21(19)31-13-26-18;1-2/h2-7,13,16,25H,8-12H2,1H3;1-2H3. The predicted molar refractivity (Wildman–Crippen MR) is 135 cm³/mol. The number of fused-ring (bicyclic) bond motifs is 1. The lowest BCUT2D eigenvalue weighted by molar-refractivity contribution is 0.154. The SMILES string of the molecule is CC.Cc1ccc(Cc2nnc(C3CN(c4cccc5ncsc45)CC34CNC4)o2)cc1Cl. The van der Waals surface area contributed by atoms with Crippen molar-refractivity contribution in [1.29, 1.82) is 0 Å². The molecule has 2 aromatic heterocycles. The monoisotopic (exact) mass is 481 g/mol. The van der Waals surface area contributed by atoms with Crippen molar-refractivity contribution in [2.75, 3.05) is 31.1 Å². The topological polar surface area (TPSA) is 67.1 Å². The van der Waals surface area contributed by atoms with Gasteiger partial charge in [-0.25, -0.2) is 4.98 Å². The lowest BCUT2D eigenvalue weighted by atomic mass is 9.73. The summed E-state index contributed by atoms with van der Waals surface area (Å²) in [6.45, 7) is 9.79. The molecular formula is C25H28ClN5OS. The third-order valence-corrected chi connectivity index (χ3v) is 7.92. The molecule has 0 radical (unpaired) electrons. The van der Waals surface area contributed by atoms with Crippen LogP contribution in [0.1, 0.15) is 42.7 Å². The van der Waals surface area contributed by atoms with Gasteiger partial charge in [0.25, 0.3) is 0 Å². The number of benzene rings is 2. The van der Waals surface area contributed by atoms with Crippen LogP contribution in [0.2, 0.25) is 5.02 Å². The maximum Gasteiger partial charge on any atom is 0.222 e. The number of anilines is 1. The summed E-state index contributed by atoms with van der Waals surface area (Å²) in [5.74, 6) is 1.59. The number of nitrogens with zero attached hydrogens (tertiary/aromatic N) is 4. The molecule has 2 aromatic carbocycles. The van der Waals surface area contributed by atoms with E-state index in [-0.39, 0.29) is 11.3 Å². The lowest BCUT2D eigenvalue weighted by Gasteiger charge is -2.42. The van der Waals surface area contributed by atoms with Crippen LogP contribution in [0.25, 0.3) is 10.2 Å². The molecule has 1 N–H and O–H groups in total. The quantitative estimate of drug-likeness (QED) is 0.418. The fourth-order valence-corrected chi connectivity index (χ4v) is 5.85. The summed E-state index contributed by atoms with van der Waals surface area (Å²) in [6.07, 6.45) is 0.592. The van der Waals surface area contributed by atoms with Gasteiger partial charge in [-0.05, 0) is 36.2 Å². The van der Waals surface area contributed by atoms with Crippen molar-refractivity contribution in [2.24, 2.45) is 5.41 Å². The van der Waals surface area contributed by atoms with Gasteiger partial charge in [0, 0.05) is 36.6 Å². The average molecular weight is 482 g/mol. The largest absolute Gasteiger partial charge is 0.425 e. The van der Waals surface area contributed by atoms with Gasteiger partial charge in [-0.3, -0.25) is 0 Å². The fraction of sp³-hybridized carbons (Fsp3) is 0.400. The minimum Gasteiger partial charge on any atom is -0.425 e. The van der Waals surface area contributed by atoms with Crippen molar-refractivity contribution in [2.45, 2.75) is 33.1 Å². The van der Waals surface area contributed by atoms with Crippen LogP contribution in [-0.4, -0.2) is 41.4 Å². The zero-order chi connectivity index (χ0) is 23.0. The van der Waals surface area contributed by atoms with Gasteiger partial charge >= 0.3 is 0 Å². The second kappa shape index (κ2) is 9.05. The summed E-state index contributed by atoms with van der Waals surface area (Å²) in [6, 6.07) is 12.4. The fourth-order valence-electron chi connectivity index (χ4n) is 4.82. The molecule has 0 aliphatic carbocycles. The molecule has 2 saturated heterocycles. The Kier molecular flexibility index (Phi) is 6.12. The molecule has 8 heteroatoms. The van der Waals surface area contributed by atoms with E-state index in [1.54, 1.807) is 11.3 Å². The van der Waals surface area contributed by atoms with E-state index in [9.17, 15) is 0 Å². The van der Waals surface area contributed by atoms with Crippen LogP contribution in [0, 0.1) is 12.3 Å². The molecule has 0 saturated carbocycles. The highest BCUT2D eigenvalue weighted by atomic mass is 35.5. The second-order valence-electron chi connectivity index (χ2n) is 8.67. The lowest BCUT2D eigenvalue weighted by Crippen LogP contribution is -2.57. The molecule has 2 aliphatic heterocycles. The summed E-state index contributed by atoms with van der Waals surface area (Å²) in [4.78, 5) is 6.95. The van der Waals surface area contributed by atoms with Crippen LogP contribution in [0.3, 0.4) is 0 Å². The smallest absolute Gasteiger partial charge is 0.222 e. The van der Waals surface area contributed by atoms with Gasteiger partial charge in [-0.1, -0.05) is 43.6 Å². The zero-order valence-electron chi connectivity index (χ0n) is 19.1. The highest BCUT2D eigenvalue weighted by Crippen LogP contribution is 2.47. The van der Waals surface area contributed by atoms with Gasteiger partial charge in [0.15, 0.2) is 0 Å². The number of rotatable bonds is 4. The molecule has 2 fully saturated rings. The Morgan fingerprint density at radius 2 is 2.06 bits per heavy atom. The summed E-state index contributed by atoms with van der Waals surface area (Å²) in [5, 5.41) is 13.1. The number of halogens is 1. The van der Waals surface area contributed by atoms with Gasteiger partial charge in [0.2, 0.25) is 11.8 Å². The van der Waals surface area contributed by atoms with Crippen LogP contribution in [0.5, 0.6) is 0 Å². The predicted octanol–water partition coefficient (Wildman–Crippen LogP) is 5.45. The first kappa shape index (κ1) is 22.3. The minimum atomic E-state index is 0.129. The van der Waals surface area contributed by atoms with Gasteiger partial charge in [-0.15, -0.1) is 21.5 Å². The van der Waals surface area contributed by atoms with Crippen molar-refractivity contribution < 1.29 is 4.42 Å². The Morgan fingerprint density at radius 1 is 1.21 bits per heavy atom. The molecule has 172 valence electrons. The van der Waals surface area contributed by atoms with E-state index < -0.39 is 0 Å². The molecule has 1 atom stereocenters. The molecule has 4 aromatic rings. The van der Waals surface area contributed by atoms with Crippen molar-refractivity contribution in [3.63, 3.8) is 0 Å². The molecule has 2 aliphatic rings. The Labute approximate surface area is 203 Å². The summed E-state index contributed by atoms with van der Waals surface area (Å²) in [7, 11) is 0. The van der Waals surface area contributed by atoms with Crippen LogP contribution in [-0.2, 0) is 6.42 Å². The first-order valence-corrected chi connectivity index (χ1v) is 12.7. The first-order valence-electron chi connectivity index (χ1n) is 11.5. The third kappa shape index (κ3) is 4.03. The number of aryl methyl sites for hydroxylation is 1. The van der Waals surface area contributed by atoms with Gasteiger partial charge < -0.3 is 14.6 Å². The van der Waals surface area contributed by atoms with Crippen molar-refractivity contribution in [3.8, 4) is 0 Å². The van der Waals surface area contributed by atoms with E-state index in [0.717, 1.165) is 53.7 Å². The Hall–Kier alpha value is -2.48. The van der Waals surface area contributed by atoms with Crippen molar-refractivity contribution in [3.05, 3.63) is 69.8 Å². The number of hydrogen-bond donors (Lipinski definition) is 1. The van der Waals surface area contributed by atoms with Crippen LogP contribution >= 0.6 is 22.9 Å². The number of nitrogens with one attached hydrogen (secondary N) is 1. The summed E-state index contributed by atoms with van der Waals surface area (Å²) >= 11 is 7.98. The highest BCUT2D eigenvalue weighted by molar-refractivity contribution is 7.17. The van der Waals surface area contributed by atoms with Crippen LogP contribution in [0.15, 0.2) is 46.3 Å². The molecule has 6 nitrogen and oxygen atoms in total. The van der Waals surface area contributed by atoms with Crippen LogP contribution < -0.4 is 10.2 Å². The minimum absolute atomic E-state index is 0.129. The average Bonchev–Trinajstić information content (AvgIpc) is 3.54. The zero-order valence-corrected chi connectivity index (χ0v) is 20.7. The molecule has 6 rings (SSSR count). The third-order valence-electron chi connectivity index (χ3n) is 6.65. The maximum absolute atomic E-state index is 6.28. The van der Waals surface area contributed by atoms with E-state index in [1.807, 2.05) is 38.4 Å². The van der Waals surface area contributed by atoms with Crippen LogP contribution in [0.4, 0.5) is 5.69 Å². The van der Waals surface area contributed by atoms with E-state index in [0.29, 0.717) is 12.3 Å². The Balaban J connectivity index is 0.00000111. The summed E-state index contributed by atoms with van der Waals surface area (Å²) < 4.78 is 7.44. The van der Waals surface area contributed by atoms with E-state index in [2.05, 4.69) is 49.7 Å². The van der Waals surface area contributed by atoms with Gasteiger partial charge in [0.1, 0.15) is 0 Å². The highest BCUT2D eigenvalue weighted by Gasteiger charge is 2.53. The maximum atomic E-state index is 6.28. The van der Waals surface area contributed by atoms with Crippen molar-refractivity contribution in [1.82, 2.24) is 20.5 Å². The molecule has 0 bridgehead atoms.